The lowest BCUT2D eigenvalue weighted by atomic mass is 9.86. The lowest BCUT2D eigenvalue weighted by molar-refractivity contribution is -0.137. The normalized spacial score (nSPS) is 19.8. The van der Waals surface area contributed by atoms with E-state index in [0.29, 0.717) is 18.0 Å². The summed E-state index contributed by atoms with van der Waals surface area (Å²) in [6.07, 6.45) is -0.752. The van der Waals surface area contributed by atoms with Gasteiger partial charge in [-0.05, 0) is 51.5 Å². The van der Waals surface area contributed by atoms with Gasteiger partial charge in [-0.15, -0.1) is 0 Å². The van der Waals surface area contributed by atoms with E-state index in [2.05, 4.69) is 20.8 Å². The number of hydrogen-bond donors (Lipinski definition) is 2. The van der Waals surface area contributed by atoms with Crippen LogP contribution in [0.2, 0.25) is 5.15 Å². The molecule has 2 heterocycles. The van der Waals surface area contributed by atoms with Gasteiger partial charge in [-0.2, -0.15) is 13.2 Å². The topological polar surface area (TPSA) is 80.0 Å². The first-order valence-corrected chi connectivity index (χ1v) is 9.73. The van der Waals surface area contributed by atoms with Gasteiger partial charge in [0.05, 0.1) is 16.8 Å². The maximum absolute atomic E-state index is 12.9. The minimum Gasteiger partial charge on any atom is -0.354 e. The van der Waals surface area contributed by atoms with E-state index < -0.39 is 17.6 Å². The van der Waals surface area contributed by atoms with E-state index in [1.54, 1.807) is 0 Å². The number of alkyl halides is 3. The van der Waals surface area contributed by atoms with Crippen molar-refractivity contribution >= 4 is 23.4 Å². The Hall–Kier alpha value is -2.29. The SMILES string of the molecule is Cc1noc(NCC2CCC(NC(=O)c3cc(C(F)(F)F)cnc3Cl)CC2)c1C. The average molecular weight is 431 g/mol. The molecule has 0 aromatic carbocycles. The first kappa shape index (κ1) is 21.4. The van der Waals surface area contributed by atoms with E-state index >= 15 is 0 Å². The lowest BCUT2D eigenvalue weighted by Crippen LogP contribution is -2.38. The van der Waals surface area contributed by atoms with Crippen LogP contribution in [0.4, 0.5) is 19.1 Å². The molecule has 0 atom stereocenters. The molecule has 2 N–H and O–H groups in total. The summed E-state index contributed by atoms with van der Waals surface area (Å²) in [6.45, 7) is 4.55. The number of anilines is 1. The highest BCUT2D eigenvalue weighted by atomic mass is 35.5. The highest BCUT2D eigenvalue weighted by Gasteiger charge is 2.33. The summed E-state index contributed by atoms with van der Waals surface area (Å²) in [5, 5.41) is 9.71. The van der Waals surface area contributed by atoms with Crippen LogP contribution in [0.15, 0.2) is 16.8 Å². The van der Waals surface area contributed by atoms with E-state index in [4.69, 9.17) is 16.1 Å². The maximum atomic E-state index is 12.9. The van der Waals surface area contributed by atoms with Gasteiger partial charge in [0.25, 0.3) is 5.91 Å². The Bertz CT molecular complexity index is 877. The van der Waals surface area contributed by atoms with Crippen molar-refractivity contribution in [1.82, 2.24) is 15.5 Å². The Morgan fingerprint density at radius 3 is 2.55 bits per heavy atom. The lowest BCUT2D eigenvalue weighted by Gasteiger charge is -2.29. The van der Waals surface area contributed by atoms with E-state index in [1.807, 2.05) is 13.8 Å². The Balaban J connectivity index is 1.52. The molecule has 2 aromatic rings. The van der Waals surface area contributed by atoms with Gasteiger partial charge >= 0.3 is 6.18 Å². The van der Waals surface area contributed by atoms with Gasteiger partial charge in [-0.3, -0.25) is 4.79 Å². The van der Waals surface area contributed by atoms with Crippen molar-refractivity contribution in [2.24, 2.45) is 5.92 Å². The minimum atomic E-state index is -4.59. The molecular formula is C19H22ClF3N4O2. The van der Waals surface area contributed by atoms with Crippen LogP contribution in [0.25, 0.3) is 0 Å². The number of rotatable bonds is 5. The van der Waals surface area contributed by atoms with Gasteiger partial charge in [0.15, 0.2) is 0 Å². The summed E-state index contributed by atoms with van der Waals surface area (Å²) >= 11 is 5.83. The molecule has 0 radical (unpaired) electrons. The van der Waals surface area contributed by atoms with Gasteiger partial charge in [-0.25, -0.2) is 4.98 Å². The number of amides is 1. The maximum Gasteiger partial charge on any atom is 0.417 e. The fourth-order valence-corrected chi connectivity index (χ4v) is 3.54. The molecule has 29 heavy (non-hydrogen) atoms. The van der Waals surface area contributed by atoms with E-state index in [-0.39, 0.29) is 16.8 Å². The van der Waals surface area contributed by atoms with Crippen LogP contribution in [0.5, 0.6) is 0 Å². The quantitative estimate of drug-likeness (QED) is 0.668. The summed E-state index contributed by atoms with van der Waals surface area (Å²) in [4.78, 5) is 15.9. The van der Waals surface area contributed by atoms with Crippen molar-refractivity contribution < 1.29 is 22.5 Å². The third-order valence-electron chi connectivity index (χ3n) is 5.30. The van der Waals surface area contributed by atoms with Gasteiger partial charge in [-0.1, -0.05) is 16.8 Å². The molecule has 10 heteroatoms. The molecule has 1 saturated carbocycles. The molecule has 0 aliphatic heterocycles. The third-order valence-corrected chi connectivity index (χ3v) is 5.60. The van der Waals surface area contributed by atoms with Crippen molar-refractivity contribution in [3.8, 4) is 0 Å². The van der Waals surface area contributed by atoms with Crippen LogP contribution < -0.4 is 10.6 Å². The van der Waals surface area contributed by atoms with Crippen molar-refractivity contribution in [3.05, 3.63) is 39.8 Å². The van der Waals surface area contributed by atoms with Crippen LogP contribution in [0.3, 0.4) is 0 Å². The summed E-state index contributed by atoms with van der Waals surface area (Å²) < 4.78 is 43.8. The van der Waals surface area contributed by atoms with Gasteiger partial charge in [0.1, 0.15) is 5.15 Å². The number of halogens is 4. The molecule has 1 fully saturated rings. The molecule has 2 aromatic heterocycles. The second kappa shape index (κ2) is 8.61. The van der Waals surface area contributed by atoms with Gasteiger partial charge in [0.2, 0.25) is 5.88 Å². The van der Waals surface area contributed by atoms with E-state index in [9.17, 15) is 18.0 Å². The standard InChI is InChI=1S/C19H22ClF3N4O2/c1-10-11(2)27-29-18(10)25-8-12-3-5-14(6-4-12)26-17(28)15-7-13(19(21,22)23)9-24-16(15)20/h7,9,12,14,25H,3-6,8H2,1-2H3,(H,26,28). The predicted octanol–water partition coefficient (Wildman–Crippen LogP) is 4.76. The summed E-state index contributed by atoms with van der Waals surface area (Å²) in [5.41, 5.74) is 0.570. The molecule has 6 nitrogen and oxygen atoms in total. The fraction of sp³-hybridized carbons (Fsp3) is 0.526. The van der Waals surface area contributed by atoms with Gasteiger partial charge in [0, 0.05) is 24.3 Å². The molecule has 0 spiro atoms. The van der Waals surface area contributed by atoms with E-state index in [1.165, 1.54) is 0 Å². The molecular weight excluding hydrogens is 409 g/mol. The monoisotopic (exact) mass is 430 g/mol. The van der Waals surface area contributed by atoms with E-state index in [0.717, 1.165) is 49.6 Å². The van der Waals surface area contributed by atoms with Crippen LogP contribution in [-0.2, 0) is 6.18 Å². The molecule has 158 valence electrons. The number of nitrogens with zero attached hydrogens (tertiary/aromatic N) is 2. The fourth-order valence-electron chi connectivity index (χ4n) is 3.35. The van der Waals surface area contributed by atoms with Crippen molar-refractivity contribution in [3.63, 3.8) is 0 Å². The molecule has 1 aliphatic carbocycles. The average Bonchev–Trinajstić information content (AvgIpc) is 2.99. The van der Waals surface area contributed by atoms with Crippen molar-refractivity contribution in [2.75, 3.05) is 11.9 Å². The highest BCUT2D eigenvalue weighted by Crippen LogP contribution is 2.31. The zero-order chi connectivity index (χ0) is 21.2. The Labute approximate surface area is 171 Å². The summed E-state index contributed by atoms with van der Waals surface area (Å²) in [6, 6.07) is 0.626. The molecule has 0 bridgehead atoms. The first-order chi connectivity index (χ1) is 13.6. The summed E-state index contributed by atoms with van der Waals surface area (Å²) in [5.74, 6) is 0.444. The molecule has 3 rings (SSSR count). The van der Waals surface area contributed by atoms with Crippen molar-refractivity contribution in [2.45, 2.75) is 51.7 Å². The molecule has 0 unspecified atom stereocenters. The van der Waals surface area contributed by atoms with Gasteiger partial charge < -0.3 is 15.2 Å². The molecule has 1 amide bonds. The smallest absolute Gasteiger partial charge is 0.354 e. The summed E-state index contributed by atoms with van der Waals surface area (Å²) in [7, 11) is 0. The van der Waals surface area contributed by atoms with Crippen LogP contribution >= 0.6 is 11.6 Å². The number of carbonyl (C=O) groups is 1. The number of aryl methyl sites for hydroxylation is 1. The Morgan fingerprint density at radius 1 is 1.28 bits per heavy atom. The van der Waals surface area contributed by atoms with Crippen LogP contribution in [0, 0.1) is 19.8 Å². The van der Waals surface area contributed by atoms with Crippen LogP contribution in [-0.4, -0.2) is 28.6 Å². The number of pyridine rings is 1. The first-order valence-electron chi connectivity index (χ1n) is 9.35. The molecule has 0 saturated heterocycles. The zero-order valence-corrected chi connectivity index (χ0v) is 16.8. The number of aromatic nitrogens is 2. The number of carbonyl (C=O) groups excluding carboxylic acids is 1. The highest BCUT2D eigenvalue weighted by molar-refractivity contribution is 6.32. The largest absolute Gasteiger partial charge is 0.417 e. The number of hydrogen-bond acceptors (Lipinski definition) is 5. The molecule has 1 aliphatic rings. The Morgan fingerprint density at radius 2 is 1.97 bits per heavy atom. The zero-order valence-electron chi connectivity index (χ0n) is 16.1. The van der Waals surface area contributed by atoms with Crippen LogP contribution in [0.1, 0.15) is 52.9 Å². The van der Waals surface area contributed by atoms with Crippen molar-refractivity contribution in [1.29, 1.82) is 0 Å². The number of nitrogens with one attached hydrogen (secondary N) is 2. The Kier molecular flexibility index (Phi) is 6.36. The third kappa shape index (κ3) is 5.20. The second-order valence-corrected chi connectivity index (χ2v) is 7.71. The minimum absolute atomic E-state index is 0.112. The predicted molar refractivity (Wildman–Crippen MR) is 102 cm³/mol. The second-order valence-electron chi connectivity index (χ2n) is 7.35.